The first kappa shape index (κ1) is 17.6. The number of nitrogens with one attached hydrogen (secondary N) is 1. The van der Waals surface area contributed by atoms with Crippen LogP contribution in [0.1, 0.15) is 18.7 Å². The largest absolute Gasteiger partial charge is 0.330 e. The van der Waals surface area contributed by atoms with E-state index in [2.05, 4.69) is 4.72 Å². The highest BCUT2D eigenvalue weighted by Crippen LogP contribution is 2.22. The minimum absolute atomic E-state index is 0.102. The number of thiophene rings is 1. The van der Waals surface area contributed by atoms with Crippen LogP contribution in [-0.2, 0) is 16.4 Å². The maximum Gasteiger partial charge on any atom is 0.250 e. The summed E-state index contributed by atoms with van der Waals surface area (Å²) < 4.78 is 28.0. The number of likely N-dealkylation sites (N-methyl/N-ethyl adjacent to an activating group) is 1. The summed E-state index contributed by atoms with van der Waals surface area (Å²) in [4.78, 5) is 2.99. The lowest BCUT2D eigenvalue weighted by Gasteiger charge is -2.25. The maximum absolute atomic E-state index is 12.4. The second-order valence-corrected chi connectivity index (χ2v) is 8.60. The molecule has 116 valence electrons. The minimum atomic E-state index is -3.45. The van der Waals surface area contributed by atoms with Gasteiger partial charge in [0, 0.05) is 17.5 Å². The smallest absolute Gasteiger partial charge is 0.250 e. The van der Waals surface area contributed by atoms with Crippen molar-refractivity contribution in [2.45, 2.75) is 30.5 Å². The Balaban J connectivity index is 2.85. The van der Waals surface area contributed by atoms with Gasteiger partial charge in [-0.3, -0.25) is 0 Å². The standard InChI is InChI=1S/C13H25N3O2S2/c1-10(2)12(9-16(3)4)15-20(17,18)13-6-5-11(19-13)7-8-14/h5-6,10,12,15H,7-9,14H2,1-4H3. The summed E-state index contributed by atoms with van der Waals surface area (Å²) in [6, 6.07) is 3.39. The van der Waals surface area contributed by atoms with Crippen molar-refractivity contribution in [3.8, 4) is 0 Å². The zero-order valence-corrected chi connectivity index (χ0v) is 14.2. The lowest BCUT2D eigenvalue weighted by molar-refractivity contribution is 0.314. The first-order valence-corrected chi connectivity index (χ1v) is 9.02. The number of hydrogen-bond donors (Lipinski definition) is 2. The molecule has 0 saturated carbocycles. The van der Waals surface area contributed by atoms with Crippen molar-refractivity contribution in [3.63, 3.8) is 0 Å². The van der Waals surface area contributed by atoms with Gasteiger partial charge in [-0.05, 0) is 45.1 Å². The van der Waals surface area contributed by atoms with Crippen LogP contribution < -0.4 is 10.5 Å². The molecule has 0 aromatic carbocycles. The van der Waals surface area contributed by atoms with E-state index in [9.17, 15) is 8.42 Å². The van der Waals surface area contributed by atoms with Gasteiger partial charge < -0.3 is 10.6 Å². The van der Waals surface area contributed by atoms with E-state index >= 15 is 0 Å². The van der Waals surface area contributed by atoms with E-state index in [4.69, 9.17) is 5.73 Å². The number of sulfonamides is 1. The van der Waals surface area contributed by atoms with Crippen LogP contribution in [0.2, 0.25) is 0 Å². The van der Waals surface area contributed by atoms with E-state index in [0.717, 1.165) is 4.88 Å². The predicted octanol–water partition coefficient (Wildman–Crippen LogP) is 1.11. The van der Waals surface area contributed by atoms with E-state index < -0.39 is 10.0 Å². The molecule has 20 heavy (non-hydrogen) atoms. The summed E-state index contributed by atoms with van der Waals surface area (Å²) >= 11 is 1.29. The average molecular weight is 319 g/mol. The molecule has 0 spiro atoms. The number of nitrogens with two attached hydrogens (primary N) is 1. The summed E-state index contributed by atoms with van der Waals surface area (Å²) in [5.74, 6) is 0.232. The van der Waals surface area contributed by atoms with Crippen molar-refractivity contribution in [2.24, 2.45) is 11.7 Å². The van der Waals surface area contributed by atoms with Crippen LogP contribution in [0.5, 0.6) is 0 Å². The van der Waals surface area contributed by atoms with Crippen molar-refractivity contribution in [1.82, 2.24) is 9.62 Å². The van der Waals surface area contributed by atoms with Crippen molar-refractivity contribution in [1.29, 1.82) is 0 Å². The number of hydrogen-bond acceptors (Lipinski definition) is 5. The molecular weight excluding hydrogens is 294 g/mol. The summed E-state index contributed by atoms with van der Waals surface area (Å²) in [5.41, 5.74) is 5.49. The Labute approximate surface area is 126 Å². The molecule has 1 aromatic heterocycles. The van der Waals surface area contributed by atoms with Gasteiger partial charge in [0.1, 0.15) is 4.21 Å². The Morgan fingerprint density at radius 3 is 2.50 bits per heavy atom. The van der Waals surface area contributed by atoms with Crippen molar-refractivity contribution < 1.29 is 8.42 Å². The molecule has 3 N–H and O–H groups in total. The molecule has 1 atom stereocenters. The van der Waals surface area contributed by atoms with Crippen LogP contribution in [0.4, 0.5) is 0 Å². The highest BCUT2D eigenvalue weighted by Gasteiger charge is 2.24. The van der Waals surface area contributed by atoms with E-state index in [-0.39, 0.29) is 12.0 Å². The van der Waals surface area contributed by atoms with Gasteiger partial charge in [0.15, 0.2) is 0 Å². The predicted molar refractivity (Wildman–Crippen MR) is 84.6 cm³/mol. The molecule has 0 aliphatic rings. The molecular formula is C13H25N3O2S2. The fourth-order valence-electron chi connectivity index (χ4n) is 1.81. The van der Waals surface area contributed by atoms with Gasteiger partial charge in [0.2, 0.25) is 10.0 Å². The first-order chi connectivity index (χ1) is 9.26. The Kier molecular flexibility index (Phi) is 6.60. The monoisotopic (exact) mass is 319 g/mol. The first-order valence-electron chi connectivity index (χ1n) is 6.72. The van der Waals surface area contributed by atoms with Crippen molar-refractivity contribution >= 4 is 21.4 Å². The second kappa shape index (κ2) is 7.51. The molecule has 0 amide bonds. The second-order valence-electron chi connectivity index (χ2n) is 5.49. The molecule has 1 aromatic rings. The van der Waals surface area contributed by atoms with Crippen LogP contribution in [0.15, 0.2) is 16.3 Å². The third-order valence-electron chi connectivity index (χ3n) is 2.97. The molecule has 0 bridgehead atoms. The third kappa shape index (κ3) is 5.14. The van der Waals surface area contributed by atoms with Gasteiger partial charge in [0.25, 0.3) is 0 Å². The van der Waals surface area contributed by atoms with Gasteiger partial charge in [0.05, 0.1) is 0 Å². The third-order valence-corrected chi connectivity index (χ3v) is 6.09. The van der Waals surface area contributed by atoms with Crippen LogP contribution >= 0.6 is 11.3 Å². The fraction of sp³-hybridized carbons (Fsp3) is 0.692. The highest BCUT2D eigenvalue weighted by atomic mass is 32.2. The van der Waals surface area contributed by atoms with Gasteiger partial charge in [-0.2, -0.15) is 0 Å². The zero-order valence-electron chi connectivity index (χ0n) is 12.6. The Hall–Kier alpha value is -0.470. The normalized spacial score (nSPS) is 14.2. The van der Waals surface area contributed by atoms with E-state index in [0.29, 0.717) is 23.7 Å². The van der Waals surface area contributed by atoms with E-state index in [1.807, 2.05) is 38.9 Å². The topological polar surface area (TPSA) is 75.4 Å². The lowest BCUT2D eigenvalue weighted by Crippen LogP contribution is -2.44. The van der Waals surface area contributed by atoms with Crippen LogP contribution in [0, 0.1) is 5.92 Å². The minimum Gasteiger partial charge on any atom is -0.330 e. The Bertz CT molecular complexity index is 509. The average Bonchev–Trinajstić information content (AvgIpc) is 2.77. The molecule has 5 nitrogen and oxygen atoms in total. The molecule has 0 fully saturated rings. The Morgan fingerprint density at radius 2 is 2.00 bits per heavy atom. The van der Waals surface area contributed by atoms with Crippen LogP contribution in [0.25, 0.3) is 0 Å². The summed E-state index contributed by atoms with van der Waals surface area (Å²) in [6.45, 7) is 5.25. The maximum atomic E-state index is 12.4. The SMILES string of the molecule is CC(C)C(CN(C)C)NS(=O)(=O)c1ccc(CCN)s1. The zero-order chi connectivity index (χ0) is 15.3. The summed E-state index contributed by atoms with van der Waals surface area (Å²) in [5, 5.41) is 0. The molecule has 0 saturated heterocycles. The number of rotatable bonds is 8. The van der Waals surface area contributed by atoms with Gasteiger partial charge >= 0.3 is 0 Å². The molecule has 0 aliphatic heterocycles. The van der Waals surface area contributed by atoms with Crippen LogP contribution in [0.3, 0.4) is 0 Å². The van der Waals surface area contributed by atoms with Gasteiger partial charge in [-0.15, -0.1) is 11.3 Å². The molecule has 1 rings (SSSR count). The summed E-state index contributed by atoms with van der Waals surface area (Å²) in [7, 11) is 0.431. The van der Waals surface area contributed by atoms with Crippen molar-refractivity contribution in [2.75, 3.05) is 27.2 Å². The molecule has 0 aliphatic carbocycles. The Morgan fingerprint density at radius 1 is 1.35 bits per heavy atom. The lowest BCUT2D eigenvalue weighted by atomic mass is 10.1. The number of nitrogens with zero attached hydrogens (tertiary/aromatic N) is 1. The van der Waals surface area contributed by atoms with E-state index in [1.165, 1.54) is 11.3 Å². The van der Waals surface area contributed by atoms with Crippen molar-refractivity contribution in [3.05, 3.63) is 17.0 Å². The fourth-order valence-corrected chi connectivity index (χ4v) is 4.58. The van der Waals surface area contributed by atoms with Gasteiger partial charge in [-0.1, -0.05) is 13.8 Å². The highest BCUT2D eigenvalue weighted by molar-refractivity contribution is 7.91. The molecule has 0 radical (unpaired) electrons. The quantitative estimate of drug-likeness (QED) is 0.753. The summed E-state index contributed by atoms with van der Waals surface area (Å²) in [6.07, 6.45) is 0.714. The van der Waals surface area contributed by atoms with Gasteiger partial charge in [-0.25, -0.2) is 13.1 Å². The molecule has 1 unspecified atom stereocenters. The van der Waals surface area contributed by atoms with Crippen LogP contribution in [-0.4, -0.2) is 46.5 Å². The van der Waals surface area contributed by atoms with E-state index in [1.54, 1.807) is 6.07 Å². The molecule has 7 heteroatoms. The molecule has 1 heterocycles.